The van der Waals surface area contributed by atoms with E-state index in [9.17, 15) is 9.59 Å². The maximum Gasteiger partial charge on any atom is 0.337 e. The standard InChI is InChI=1S/C14H12N2O3/c1-9-2-3-11(14(18)19)12(8-9)16-13(17)10-4-6-15-7-5-10/h2-8H,1H3,(H,16,17)(H,18,19). The Hall–Kier alpha value is -2.69. The van der Waals surface area contributed by atoms with Crippen LogP contribution in [0.1, 0.15) is 26.3 Å². The van der Waals surface area contributed by atoms with E-state index in [1.807, 2.05) is 6.92 Å². The monoisotopic (exact) mass is 256 g/mol. The Labute approximate surface area is 109 Å². The van der Waals surface area contributed by atoms with Gasteiger partial charge in [-0.25, -0.2) is 4.79 Å². The third-order valence-corrected chi connectivity index (χ3v) is 2.60. The fraction of sp³-hybridized carbons (Fsp3) is 0.0714. The van der Waals surface area contributed by atoms with Gasteiger partial charge in [0.25, 0.3) is 5.91 Å². The average Bonchev–Trinajstić information content (AvgIpc) is 2.39. The van der Waals surface area contributed by atoms with E-state index in [0.29, 0.717) is 5.56 Å². The van der Waals surface area contributed by atoms with Crippen LogP contribution in [0.4, 0.5) is 5.69 Å². The number of nitrogens with one attached hydrogen (secondary N) is 1. The lowest BCUT2D eigenvalue weighted by molar-refractivity contribution is 0.0698. The zero-order valence-electron chi connectivity index (χ0n) is 10.3. The minimum Gasteiger partial charge on any atom is -0.478 e. The van der Waals surface area contributed by atoms with Gasteiger partial charge in [-0.05, 0) is 36.8 Å². The van der Waals surface area contributed by atoms with Crippen molar-refractivity contribution in [3.63, 3.8) is 0 Å². The molecule has 0 aliphatic carbocycles. The van der Waals surface area contributed by atoms with Gasteiger partial charge in [-0.15, -0.1) is 0 Å². The van der Waals surface area contributed by atoms with Gasteiger partial charge in [0.1, 0.15) is 0 Å². The molecular formula is C14H12N2O3. The van der Waals surface area contributed by atoms with E-state index < -0.39 is 5.97 Å². The molecule has 2 rings (SSSR count). The number of carbonyl (C=O) groups is 2. The number of aromatic nitrogens is 1. The van der Waals surface area contributed by atoms with Crippen molar-refractivity contribution in [3.8, 4) is 0 Å². The minimum atomic E-state index is -1.08. The van der Waals surface area contributed by atoms with Crippen molar-refractivity contribution in [2.75, 3.05) is 5.32 Å². The van der Waals surface area contributed by atoms with Crippen LogP contribution in [0.25, 0.3) is 0 Å². The van der Waals surface area contributed by atoms with E-state index in [2.05, 4.69) is 10.3 Å². The summed E-state index contributed by atoms with van der Waals surface area (Å²) in [6.07, 6.45) is 3.01. The lowest BCUT2D eigenvalue weighted by atomic mass is 10.1. The van der Waals surface area contributed by atoms with E-state index in [1.54, 1.807) is 24.3 Å². The molecule has 1 aromatic heterocycles. The van der Waals surface area contributed by atoms with Crippen molar-refractivity contribution in [2.45, 2.75) is 6.92 Å². The number of carbonyl (C=O) groups excluding carboxylic acids is 1. The van der Waals surface area contributed by atoms with E-state index >= 15 is 0 Å². The van der Waals surface area contributed by atoms with Crippen molar-refractivity contribution in [2.24, 2.45) is 0 Å². The summed E-state index contributed by atoms with van der Waals surface area (Å²) >= 11 is 0. The van der Waals surface area contributed by atoms with Crippen LogP contribution in [0, 0.1) is 6.92 Å². The van der Waals surface area contributed by atoms with Crippen LogP contribution in [0.5, 0.6) is 0 Å². The molecule has 0 aliphatic heterocycles. The van der Waals surface area contributed by atoms with Gasteiger partial charge in [0.2, 0.25) is 0 Å². The molecule has 19 heavy (non-hydrogen) atoms. The molecule has 0 spiro atoms. The number of hydrogen-bond acceptors (Lipinski definition) is 3. The summed E-state index contributed by atoms with van der Waals surface area (Å²) in [6.45, 7) is 1.83. The molecule has 0 fully saturated rings. The van der Waals surface area contributed by atoms with E-state index in [4.69, 9.17) is 5.11 Å². The summed E-state index contributed by atoms with van der Waals surface area (Å²) in [6, 6.07) is 7.91. The van der Waals surface area contributed by atoms with Gasteiger partial charge in [-0.2, -0.15) is 0 Å². The molecule has 2 N–H and O–H groups in total. The molecule has 1 amide bonds. The van der Waals surface area contributed by atoms with Crippen molar-refractivity contribution in [1.29, 1.82) is 0 Å². The highest BCUT2D eigenvalue weighted by atomic mass is 16.4. The van der Waals surface area contributed by atoms with Gasteiger partial charge < -0.3 is 10.4 Å². The lowest BCUT2D eigenvalue weighted by Gasteiger charge is -2.09. The number of pyridine rings is 1. The minimum absolute atomic E-state index is 0.0630. The Morgan fingerprint density at radius 2 is 1.84 bits per heavy atom. The first-order valence-corrected chi connectivity index (χ1v) is 5.63. The van der Waals surface area contributed by atoms with Gasteiger partial charge in [-0.1, -0.05) is 6.07 Å². The quantitative estimate of drug-likeness (QED) is 0.883. The number of benzene rings is 1. The third-order valence-electron chi connectivity index (χ3n) is 2.60. The van der Waals surface area contributed by atoms with Crippen LogP contribution in [0.2, 0.25) is 0 Å². The highest BCUT2D eigenvalue weighted by molar-refractivity contribution is 6.07. The molecule has 0 aliphatic rings. The molecule has 0 bridgehead atoms. The molecule has 0 saturated carbocycles. The Kier molecular flexibility index (Phi) is 3.56. The summed E-state index contributed by atoms with van der Waals surface area (Å²) in [5.74, 6) is -1.44. The number of amides is 1. The van der Waals surface area contributed by atoms with E-state index in [-0.39, 0.29) is 17.2 Å². The van der Waals surface area contributed by atoms with Gasteiger partial charge >= 0.3 is 5.97 Å². The van der Waals surface area contributed by atoms with Crippen molar-refractivity contribution in [1.82, 2.24) is 4.98 Å². The number of anilines is 1. The van der Waals surface area contributed by atoms with Crippen LogP contribution in [0.3, 0.4) is 0 Å². The van der Waals surface area contributed by atoms with Crippen LogP contribution in [-0.2, 0) is 0 Å². The maximum absolute atomic E-state index is 12.0. The number of carboxylic acid groups (broad SMARTS) is 1. The lowest BCUT2D eigenvalue weighted by Crippen LogP contribution is -2.15. The van der Waals surface area contributed by atoms with Crippen LogP contribution in [-0.4, -0.2) is 22.0 Å². The first-order chi connectivity index (χ1) is 9.08. The largest absolute Gasteiger partial charge is 0.478 e. The Morgan fingerprint density at radius 1 is 1.16 bits per heavy atom. The van der Waals surface area contributed by atoms with Crippen LogP contribution >= 0.6 is 0 Å². The Morgan fingerprint density at radius 3 is 2.47 bits per heavy atom. The van der Waals surface area contributed by atoms with Crippen LogP contribution < -0.4 is 5.32 Å². The normalized spacial score (nSPS) is 9.95. The van der Waals surface area contributed by atoms with E-state index in [1.165, 1.54) is 18.5 Å². The molecule has 0 atom stereocenters. The summed E-state index contributed by atoms with van der Waals surface area (Å²) in [7, 11) is 0. The second kappa shape index (κ2) is 5.30. The zero-order valence-corrected chi connectivity index (χ0v) is 10.3. The first kappa shape index (κ1) is 12.8. The second-order valence-electron chi connectivity index (χ2n) is 4.04. The number of aryl methyl sites for hydroxylation is 1. The van der Waals surface area contributed by atoms with Crippen molar-refractivity contribution in [3.05, 3.63) is 59.4 Å². The Bertz CT molecular complexity index is 624. The summed E-state index contributed by atoms with van der Waals surface area (Å²) < 4.78 is 0. The summed E-state index contributed by atoms with van der Waals surface area (Å²) in [4.78, 5) is 26.9. The number of rotatable bonds is 3. The number of hydrogen-bond donors (Lipinski definition) is 2. The topological polar surface area (TPSA) is 79.3 Å². The number of carboxylic acids is 1. The first-order valence-electron chi connectivity index (χ1n) is 5.63. The predicted molar refractivity (Wildman–Crippen MR) is 70.3 cm³/mol. The molecule has 5 heteroatoms. The number of nitrogens with zero attached hydrogens (tertiary/aromatic N) is 1. The van der Waals surface area contributed by atoms with Crippen molar-refractivity contribution >= 4 is 17.6 Å². The maximum atomic E-state index is 12.0. The molecular weight excluding hydrogens is 244 g/mol. The van der Waals surface area contributed by atoms with Gasteiger partial charge in [0, 0.05) is 18.0 Å². The molecule has 0 radical (unpaired) electrons. The highest BCUT2D eigenvalue weighted by Gasteiger charge is 2.13. The molecule has 5 nitrogen and oxygen atoms in total. The smallest absolute Gasteiger partial charge is 0.337 e. The zero-order chi connectivity index (χ0) is 13.8. The van der Waals surface area contributed by atoms with Gasteiger partial charge in [-0.3, -0.25) is 9.78 Å². The second-order valence-corrected chi connectivity index (χ2v) is 4.04. The van der Waals surface area contributed by atoms with Crippen molar-refractivity contribution < 1.29 is 14.7 Å². The molecule has 1 aromatic carbocycles. The Balaban J connectivity index is 2.31. The van der Waals surface area contributed by atoms with E-state index in [0.717, 1.165) is 5.56 Å². The summed E-state index contributed by atoms with van der Waals surface area (Å²) in [5, 5.41) is 11.7. The summed E-state index contributed by atoms with van der Waals surface area (Å²) in [5.41, 5.74) is 1.64. The fourth-order valence-corrected chi connectivity index (χ4v) is 1.65. The molecule has 1 heterocycles. The molecule has 96 valence electrons. The average molecular weight is 256 g/mol. The third kappa shape index (κ3) is 2.95. The van der Waals surface area contributed by atoms with Gasteiger partial charge in [0.15, 0.2) is 0 Å². The molecule has 0 saturated heterocycles. The SMILES string of the molecule is Cc1ccc(C(=O)O)c(NC(=O)c2ccncc2)c1. The van der Waals surface area contributed by atoms with Gasteiger partial charge in [0.05, 0.1) is 11.3 Å². The molecule has 0 unspecified atom stereocenters. The highest BCUT2D eigenvalue weighted by Crippen LogP contribution is 2.18. The van der Waals surface area contributed by atoms with Crippen LogP contribution in [0.15, 0.2) is 42.7 Å². The predicted octanol–water partition coefficient (Wildman–Crippen LogP) is 2.34. The number of aromatic carboxylic acids is 1. The fourth-order valence-electron chi connectivity index (χ4n) is 1.65. The molecule has 2 aromatic rings.